The number of nitrogens with zero attached hydrogens (tertiary/aromatic N) is 1. The van der Waals surface area contributed by atoms with Crippen LogP contribution in [0.2, 0.25) is 0 Å². The molecule has 0 saturated carbocycles. The Morgan fingerprint density at radius 1 is 1.10 bits per heavy atom. The summed E-state index contributed by atoms with van der Waals surface area (Å²) in [6.07, 6.45) is 0.346. The molecule has 1 saturated heterocycles. The molecule has 0 spiro atoms. The van der Waals surface area contributed by atoms with Gasteiger partial charge >= 0.3 is 18.0 Å². The molecule has 1 aromatic rings. The summed E-state index contributed by atoms with van der Waals surface area (Å²) >= 11 is 1.51. The van der Waals surface area contributed by atoms with Crippen molar-refractivity contribution < 1.29 is 33.4 Å². The quantitative estimate of drug-likeness (QED) is 0.251. The zero-order valence-electron chi connectivity index (χ0n) is 26.5. The minimum absolute atomic E-state index is 0.0571. The van der Waals surface area contributed by atoms with E-state index in [1.165, 1.54) is 25.8 Å². The summed E-state index contributed by atoms with van der Waals surface area (Å²) in [5.41, 5.74) is 0.411. The fraction of sp³-hybridized carbons (Fsp3) is 0.677. The van der Waals surface area contributed by atoms with Gasteiger partial charge in [-0.05, 0) is 45.1 Å². The van der Waals surface area contributed by atoms with Gasteiger partial charge in [-0.3, -0.25) is 19.7 Å². The standard InChI is InChI=1S/C31H49N3O7S/c1-19(2)25(34(8)30(38)41-31(5,6)7)17-26(40-21(4)35)28-33-24(18-42-28)27(36)32-23(15-20(3)29(37)39-9)16-22-13-11-10-12-14-22/h10-14,19-20,23-26,28,33H,15-18H2,1-9H3,(H,32,36)/t20-,23+,24?,25+,26+,28?/m0/s1. The molecule has 2 N–H and O–H groups in total. The van der Waals surface area contributed by atoms with Crippen LogP contribution in [0.15, 0.2) is 30.3 Å². The van der Waals surface area contributed by atoms with Gasteiger partial charge in [0.25, 0.3) is 0 Å². The number of benzene rings is 1. The molecule has 0 aliphatic carbocycles. The molecule has 2 amide bonds. The number of esters is 2. The molecular weight excluding hydrogens is 558 g/mol. The van der Waals surface area contributed by atoms with Gasteiger partial charge in [-0.25, -0.2) is 4.79 Å². The van der Waals surface area contributed by atoms with Crippen LogP contribution in [-0.2, 0) is 35.0 Å². The van der Waals surface area contributed by atoms with Gasteiger partial charge in [-0.15, -0.1) is 11.8 Å². The van der Waals surface area contributed by atoms with Crippen molar-refractivity contribution in [1.29, 1.82) is 0 Å². The van der Waals surface area contributed by atoms with Crippen molar-refractivity contribution in [2.45, 2.75) is 103 Å². The van der Waals surface area contributed by atoms with Crippen molar-refractivity contribution in [2.24, 2.45) is 11.8 Å². The average Bonchev–Trinajstić information content (AvgIpc) is 3.40. The van der Waals surface area contributed by atoms with E-state index in [1.807, 2.05) is 65.0 Å². The largest absolute Gasteiger partial charge is 0.469 e. The van der Waals surface area contributed by atoms with E-state index in [0.717, 1.165) is 5.56 Å². The van der Waals surface area contributed by atoms with Crippen LogP contribution in [0.5, 0.6) is 0 Å². The zero-order chi connectivity index (χ0) is 31.6. The fourth-order valence-corrected chi connectivity index (χ4v) is 6.30. The predicted octanol–water partition coefficient (Wildman–Crippen LogP) is 4.16. The van der Waals surface area contributed by atoms with Crippen molar-refractivity contribution in [1.82, 2.24) is 15.5 Å². The molecule has 0 aromatic heterocycles. The summed E-state index contributed by atoms with van der Waals surface area (Å²) in [7, 11) is 3.05. The van der Waals surface area contributed by atoms with Crippen LogP contribution in [0.4, 0.5) is 4.79 Å². The Morgan fingerprint density at radius 3 is 2.29 bits per heavy atom. The second kappa shape index (κ2) is 16.2. The van der Waals surface area contributed by atoms with Crippen molar-refractivity contribution in [3.8, 4) is 0 Å². The number of hydrogen-bond donors (Lipinski definition) is 2. The molecule has 2 rings (SSSR count). The van der Waals surface area contributed by atoms with Crippen LogP contribution < -0.4 is 10.6 Å². The highest BCUT2D eigenvalue weighted by molar-refractivity contribution is 8.00. The van der Waals surface area contributed by atoms with E-state index >= 15 is 0 Å². The molecule has 2 unspecified atom stereocenters. The number of carbonyl (C=O) groups is 4. The van der Waals surface area contributed by atoms with Crippen molar-refractivity contribution >= 4 is 35.7 Å². The summed E-state index contributed by atoms with van der Waals surface area (Å²) < 4.78 is 16.2. The lowest BCUT2D eigenvalue weighted by Gasteiger charge is -2.36. The van der Waals surface area contributed by atoms with Crippen LogP contribution >= 0.6 is 11.8 Å². The molecule has 1 heterocycles. The number of nitrogens with one attached hydrogen (secondary N) is 2. The molecule has 0 radical (unpaired) electrons. The highest BCUT2D eigenvalue weighted by Gasteiger charge is 2.40. The molecule has 1 aromatic carbocycles. The molecule has 0 bridgehead atoms. The number of amides is 2. The lowest BCUT2D eigenvalue weighted by atomic mass is 9.95. The Balaban J connectivity index is 2.14. The fourth-order valence-electron chi connectivity index (χ4n) is 5.01. The van der Waals surface area contributed by atoms with Gasteiger partial charge in [0, 0.05) is 38.2 Å². The van der Waals surface area contributed by atoms with Gasteiger partial charge in [0.15, 0.2) is 0 Å². The number of carbonyl (C=O) groups excluding carboxylic acids is 4. The molecular formula is C31H49N3O7S. The predicted molar refractivity (Wildman–Crippen MR) is 164 cm³/mol. The van der Waals surface area contributed by atoms with Gasteiger partial charge in [0.05, 0.1) is 24.4 Å². The topological polar surface area (TPSA) is 123 Å². The van der Waals surface area contributed by atoms with Crippen molar-refractivity contribution in [2.75, 3.05) is 19.9 Å². The van der Waals surface area contributed by atoms with E-state index in [9.17, 15) is 19.2 Å². The normalized spacial score (nSPS) is 19.8. The Bertz CT molecular complexity index is 1050. The summed E-state index contributed by atoms with van der Waals surface area (Å²) in [5.74, 6) is -0.786. The van der Waals surface area contributed by atoms with E-state index in [2.05, 4.69) is 10.6 Å². The number of hydrogen-bond acceptors (Lipinski definition) is 9. The molecule has 1 fully saturated rings. The number of rotatable bonds is 13. The second-order valence-electron chi connectivity index (χ2n) is 12.3. The van der Waals surface area contributed by atoms with Crippen LogP contribution in [0.1, 0.15) is 66.9 Å². The summed E-state index contributed by atoms with van der Waals surface area (Å²) in [6, 6.07) is 8.73. The number of thioether (sulfide) groups is 1. The highest BCUT2D eigenvalue weighted by atomic mass is 32.2. The lowest BCUT2D eigenvalue weighted by molar-refractivity contribution is -0.148. The maximum Gasteiger partial charge on any atom is 0.410 e. The second-order valence-corrected chi connectivity index (χ2v) is 13.5. The van der Waals surface area contributed by atoms with Gasteiger partial charge in [0.1, 0.15) is 11.7 Å². The number of methoxy groups -OCH3 is 1. The molecule has 236 valence electrons. The van der Waals surface area contributed by atoms with Crippen LogP contribution in [0.25, 0.3) is 0 Å². The van der Waals surface area contributed by atoms with Crippen molar-refractivity contribution in [3.63, 3.8) is 0 Å². The van der Waals surface area contributed by atoms with Crippen LogP contribution in [-0.4, -0.2) is 84.0 Å². The smallest absolute Gasteiger partial charge is 0.410 e. The number of ether oxygens (including phenoxy) is 3. The van der Waals surface area contributed by atoms with Crippen LogP contribution in [0.3, 0.4) is 0 Å². The highest BCUT2D eigenvalue weighted by Crippen LogP contribution is 2.29. The maximum atomic E-state index is 13.4. The zero-order valence-corrected chi connectivity index (χ0v) is 27.3. The first-order valence-electron chi connectivity index (χ1n) is 14.5. The Labute approximate surface area is 255 Å². The summed E-state index contributed by atoms with van der Waals surface area (Å²) in [4.78, 5) is 52.0. The van der Waals surface area contributed by atoms with Gasteiger partial charge < -0.3 is 24.4 Å². The molecule has 11 heteroatoms. The first-order chi connectivity index (χ1) is 19.6. The molecule has 1 aliphatic rings. The minimum Gasteiger partial charge on any atom is -0.469 e. The van der Waals surface area contributed by atoms with E-state index < -0.39 is 29.8 Å². The van der Waals surface area contributed by atoms with Gasteiger partial charge in [-0.1, -0.05) is 51.1 Å². The first-order valence-corrected chi connectivity index (χ1v) is 15.6. The van der Waals surface area contributed by atoms with Gasteiger partial charge in [0.2, 0.25) is 5.91 Å². The molecule has 10 nitrogen and oxygen atoms in total. The monoisotopic (exact) mass is 607 g/mol. The average molecular weight is 608 g/mol. The maximum absolute atomic E-state index is 13.4. The van der Waals surface area contributed by atoms with E-state index in [-0.39, 0.29) is 41.2 Å². The summed E-state index contributed by atoms with van der Waals surface area (Å²) in [5, 5.41) is 6.13. The van der Waals surface area contributed by atoms with E-state index in [1.54, 1.807) is 18.9 Å². The third-order valence-corrected chi connectivity index (χ3v) is 8.44. The van der Waals surface area contributed by atoms with Crippen molar-refractivity contribution in [3.05, 3.63) is 35.9 Å². The van der Waals surface area contributed by atoms with Crippen LogP contribution in [0, 0.1) is 11.8 Å². The third-order valence-electron chi connectivity index (χ3n) is 7.11. The SMILES string of the molecule is COC(=O)[C@@H](C)C[C@H](Cc1ccccc1)NC(=O)C1CSC([C@@H](C[C@H](C(C)C)N(C)C(=O)OC(C)(C)C)OC(C)=O)N1. The lowest BCUT2D eigenvalue weighted by Crippen LogP contribution is -2.52. The Morgan fingerprint density at radius 2 is 1.74 bits per heavy atom. The van der Waals surface area contributed by atoms with E-state index in [0.29, 0.717) is 25.0 Å². The third kappa shape index (κ3) is 11.5. The van der Waals surface area contributed by atoms with E-state index in [4.69, 9.17) is 14.2 Å². The Kier molecular flexibility index (Phi) is 13.6. The summed E-state index contributed by atoms with van der Waals surface area (Å²) in [6.45, 7) is 12.6. The molecule has 1 aliphatic heterocycles. The minimum atomic E-state index is -0.640. The molecule has 42 heavy (non-hydrogen) atoms. The Hall–Kier alpha value is -2.79. The van der Waals surface area contributed by atoms with Gasteiger partial charge in [-0.2, -0.15) is 0 Å². The first kappa shape index (κ1) is 35.4. The molecule has 6 atom stereocenters.